The minimum absolute atomic E-state index is 0.288. The number of ether oxygens (including phenoxy) is 2. The predicted octanol–water partition coefficient (Wildman–Crippen LogP) is 3.59. The summed E-state index contributed by atoms with van der Waals surface area (Å²) >= 11 is 0. The van der Waals surface area contributed by atoms with E-state index in [9.17, 15) is 14.4 Å². The van der Waals surface area contributed by atoms with Crippen molar-refractivity contribution in [2.75, 3.05) is 7.11 Å². The summed E-state index contributed by atoms with van der Waals surface area (Å²) in [4.78, 5) is 36.7. The Balaban J connectivity index is 1.86. The smallest absolute Gasteiger partial charge is 0.329 e. The van der Waals surface area contributed by atoms with Crippen LogP contribution in [0.25, 0.3) is 6.08 Å². The molecule has 6 heteroatoms. The van der Waals surface area contributed by atoms with Gasteiger partial charge in [0.05, 0.1) is 7.11 Å². The maximum atomic E-state index is 12.4. The molecule has 0 bridgehead atoms. The third-order valence-electron chi connectivity index (χ3n) is 4.56. The van der Waals surface area contributed by atoms with Crippen molar-refractivity contribution in [1.82, 2.24) is 5.32 Å². The lowest BCUT2D eigenvalue weighted by atomic mass is 10.0. The van der Waals surface area contributed by atoms with Crippen LogP contribution in [0.3, 0.4) is 0 Å². The molecule has 0 aromatic heterocycles. The number of Topliss-reactive ketones (excluding diaryl/α,β-unsaturated/α-hetero) is 1. The first-order chi connectivity index (χ1) is 14.3. The number of hydrogen-bond donors (Lipinski definition) is 1. The first kappa shape index (κ1) is 22.9. The molecule has 0 aliphatic rings. The lowest BCUT2D eigenvalue weighted by Crippen LogP contribution is -2.41. The molecule has 0 radical (unpaired) electrons. The number of methoxy groups -OCH3 is 1. The van der Waals surface area contributed by atoms with Gasteiger partial charge in [-0.2, -0.15) is 0 Å². The van der Waals surface area contributed by atoms with Crippen LogP contribution in [0.5, 0.6) is 5.75 Å². The Bertz CT molecular complexity index is 900. The largest absolute Gasteiger partial charge is 0.497 e. The molecule has 0 fully saturated rings. The molecular formula is C24H27NO5. The normalized spacial score (nSPS) is 12.8. The number of aryl methyl sites for hydroxylation is 1. The van der Waals surface area contributed by atoms with Crippen molar-refractivity contribution >= 4 is 23.7 Å². The highest BCUT2D eigenvalue weighted by molar-refractivity contribution is 6.00. The zero-order chi connectivity index (χ0) is 22.1. The summed E-state index contributed by atoms with van der Waals surface area (Å²) in [5.41, 5.74) is 2.41. The van der Waals surface area contributed by atoms with Crippen LogP contribution < -0.4 is 10.1 Å². The van der Waals surface area contributed by atoms with E-state index < -0.39 is 24.0 Å². The topological polar surface area (TPSA) is 81.7 Å². The van der Waals surface area contributed by atoms with Gasteiger partial charge in [-0.1, -0.05) is 43.3 Å². The molecule has 0 aliphatic carbocycles. The Labute approximate surface area is 176 Å². The van der Waals surface area contributed by atoms with E-state index in [1.165, 1.54) is 19.9 Å². The van der Waals surface area contributed by atoms with Crippen LogP contribution >= 0.6 is 0 Å². The van der Waals surface area contributed by atoms with E-state index in [1.54, 1.807) is 49.6 Å². The fraction of sp³-hybridized carbons (Fsp3) is 0.292. The van der Waals surface area contributed by atoms with E-state index in [0.29, 0.717) is 5.56 Å². The highest BCUT2D eigenvalue weighted by Crippen LogP contribution is 2.12. The fourth-order valence-electron chi connectivity index (χ4n) is 2.68. The first-order valence-corrected chi connectivity index (χ1v) is 9.80. The van der Waals surface area contributed by atoms with Crippen molar-refractivity contribution in [2.45, 2.75) is 39.3 Å². The fourth-order valence-corrected chi connectivity index (χ4v) is 2.68. The third-order valence-corrected chi connectivity index (χ3v) is 4.56. The minimum Gasteiger partial charge on any atom is -0.497 e. The molecule has 0 saturated carbocycles. The van der Waals surface area contributed by atoms with Crippen LogP contribution in [0.4, 0.5) is 0 Å². The van der Waals surface area contributed by atoms with Crippen LogP contribution in [-0.4, -0.2) is 36.9 Å². The molecule has 2 atom stereocenters. The van der Waals surface area contributed by atoms with E-state index in [2.05, 4.69) is 5.32 Å². The Morgan fingerprint density at radius 2 is 1.63 bits per heavy atom. The molecule has 2 aromatic carbocycles. The van der Waals surface area contributed by atoms with Crippen molar-refractivity contribution in [3.05, 3.63) is 71.3 Å². The van der Waals surface area contributed by atoms with Gasteiger partial charge >= 0.3 is 5.97 Å². The Hall–Kier alpha value is -3.41. The number of esters is 1. The van der Waals surface area contributed by atoms with Gasteiger partial charge in [-0.05, 0) is 49.6 Å². The lowest BCUT2D eigenvalue weighted by molar-refractivity contribution is -0.149. The SMILES string of the molecule is CCc1ccc(C(=O)[C@H](C)OC(=O)[C@H](C)NC(=O)/C=C/c2ccc(OC)cc2)cc1. The van der Waals surface area contributed by atoms with Gasteiger partial charge in [0, 0.05) is 11.6 Å². The minimum atomic E-state index is -0.945. The van der Waals surface area contributed by atoms with E-state index in [0.717, 1.165) is 23.3 Å². The van der Waals surface area contributed by atoms with Gasteiger partial charge in [0.15, 0.2) is 6.10 Å². The number of ketones is 1. The van der Waals surface area contributed by atoms with Crippen molar-refractivity contribution in [3.63, 3.8) is 0 Å². The van der Waals surface area contributed by atoms with Crippen molar-refractivity contribution in [3.8, 4) is 5.75 Å². The number of carbonyl (C=O) groups excluding carboxylic acids is 3. The van der Waals surface area contributed by atoms with Gasteiger partial charge in [-0.25, -0.2) is 4.79 Å². The maximum absolute atomic E-state index is 12.4. The summed E-state index contributed by atoms with van der Waals surface area (Å²) in [5, 5.41) is 2.54. The molecule has 0 saturated heterocycles. The van der Waals surface area contributed by atoms with Gasteiger partial charge in [0.25, 0.3) is 0 Å². The molecular weight excluding hydrogens is 382 g/mol. The van der Waals surface area contributed by atoms with Crippen LogP contribution in [0, 0.1) is 0 Å². The summed E-state index contributed by atoms with van der Waals surface area (Å²) in [6.07, 6.45) is 2.89. The molecule has 0 aliphatic heterocycles. The summed E-state index contributed by atoms with van der Waals surface area (Å²) < 4.78 is 10.3. The zero-order valence-corrected chi connectivity index (χ0v) is 17.7. The molecule has 1 amide bonds. The second-order valence-corrected chi connectivity index (χ2v) is 6.83. The second kappa shape index (κ2) is 11.0. The molecule has 2 aromatic rings. The average Bonchev–Trinajstić information content (AvgIpc) is 2.77. The summed E-state index contributed by atoms with van der Waals surface area (Å²) in [5.74, 6) is -0.682. The van der Waals surface area contributed by atoms with E-state index in [1.807, 2.05) is 19.1 Å². The number of nitrogens with one attached hydrogen (secondary N) is 1. The van der Waals surface area contributed by atoms with Crippen LogP contribution in [0.2, 0.25) is 0 Å². The van der Waals surface area contributed by atoms with Crippen molar-refractivity contribution in [2.24, 2.45) is 0 Å². The quantitative estimate of drug-likeness (QED) is 0.389. The second-order valence-electron chi connectivity index (χ2n) is 6.83. The number of carbonyl (C=O) groups is 3. The van der Waals surface area contributed by atoms with Gasteiger partial charge in [0.1, 0.15) is 11.8 Å². The van der Waals surface area contributed by atoms with Crippen molar-refractivity contribution < 1.29 is 23.9 Å². The third kappa shape index (κ3) is 6.58. The summed E-state index contributed by atoms with van der Waals surface area (Å²) in [6.45, 7) is 5.06. The number of rotatable bonds is 9. The Kier molecular flexibility index (Phi) is 8.35. The van der Waals surface area contributed by atoms with Gasteiger partial charge in [-0.3, -0.25) is 9.59 Å². The standard InChI is InChI=1S/C24H27NO5/c1-5-18-6-11-20(12-7-18)23(27)17(3)30-24(28)16(2)25-22(26)15-10-19-8-13-21(29-4)14-9-19/h6-17H,5H2,1-4H3,(H,25,26)/b15-10+/t16-,17-/m0/s1. The highest BCUT2D eigenvalue weighted by atomic mass is 16.5. The average molecular weight is 409 g/mol. The molecule has 0 spiro atoms. The first-order valence-electron chi connectivity index (χ1n) is 9.80. The molecule has 2 rings (SSSR count). The highest BCUT2D eigenvalue weighted by Gasteiger charge is 2.23. The molecule has 158 valence electrons. The van der Waals surface area contributed by atoms with Gasteiger partial charge in [-0.15, -0.1) is 0 Å². The molecule has 6 nitrogen and oxygen atoms in total. The predicted molar refractivity (Wildman–Crippen MR) is 115 cm³/mol. The molecule has 30 heavy (non-hydrogen) atoms. The molecule has 0 heterocycles. The maximum Gasteiger partial charge on any atom is 0.329 e. The summed E-state index contributed by atoms with van der Waals surface area (Å²) in [6, 6.07) is 13.5. The Morgan fingerprint density at radius 1 is 1.00 bits per heavy atom. The lowest BCUT2D eigenvalue weighted by Gasteiger charge is -2.16. The van der Waals surface area contributed by atoms with Crippen LogP contribution in [0.15, 0.2) is 54.6 Å². The number of hydrogen-bond acceptors (Lipinski definition) is 5. The van der Waals surface area contributed by atoms with Gasteiger partial charge < -0.3 is 14.8 Å². The van der Waals surface area contributed by atoms with E-state index >= 15 is 0 Å². The summed E-state index contributed by atoms with van der Waals surface area (Å²) in [7, 11) is 1.58. The van der Waals surface area contributed by atoms with Crippen LogP contribution in [0.1, 0.15) is 42.3 Å². The van der Waals surface area contributed by atoms with Crippen molar-refractivity contribution in [1.29, 1.82) is 0 Å². The molecule has 0 unspecified atom stereocenters. The van der Waals surface area contributed by atoms with E-state index in [-0.39, 0.29) is 5.78 Å². The van der Waals surface area contributed by atoms with Gasteiger partial charge in [0.2, 0.25) is 11.7 Å². The Morgan fingerprint density at radius 3 is 2.20 bits per heavy atom. The van der Waals surface area contributed by atoms with Crippen LogP contribution in [-0.2, 0) is 20.7 Å². The number of amides is 1. The van der Waals surface area contributed by atoms with E-state index in [4.69, 9.17) is 9.47 Å². The number of benzene rings is 2. The molecule has 1 N–H and O–H groups in total. The zero-order valence-electron chi connectivity index (χ0n) is 17.7. The monoisotopic (exact) mass is 409 g/mol.